The van der Waals surface area contributed by atoms with Crippen molar-refractivity contribution in [3.05, 3.63) is 46.5 Å². The van der Waals surface area contributed by atoms with Crippen molar-refractivity contribution in [3.8, 4) is 6.07 Å². The molecule has 11 heteroatoms. The molecule has 2 heterocycles. The van der Waals surface area contributed by atoms with E-state index >= 15 is 0 Å². The summed E-state index contributed by atoms with van der Waals surface area (Å²) in [5.41, 5.74) is -7.10. The summed E-state index contributed by atoms with van der Waals surface area (Å²) in [6.45, 7) is 0. The second kappa shape index (κ2) is 5.52. The predicted octanol–water partition coefficient (Wildman–Crippen LogP) is 3.66. The van der Waals surface area contributed by atoms with Crippen molar-refractivity contribution in [2.45, 2.75) is 23.0 Å². The van der Waals surface area contributed by atoms with E-state index in [1.54, 1.807) is 0 Å². The van der Waals surface area contributed by atoms with Crippen LogP contribution in [0.5, 0.6) is 0 Å². The number of aliphatic hydroxyl groups is 1. The molecule has 2 aliphatic rings. The number of carbonyl (C=O) groups excluding carboxylic acids is 1. The number of allylic oxidation sites excluding steroid dienone is 2. The van der Waals surface area contributed by atoms with Gasteiger partial charge in [0.05, 0.1) is 16.8 Å². The van der Waals surface area contributed by atoms with Gasteiger partial charge in [-0.2, -0.15) is 31.6 Å². The molecule has 0 amide bonds. The molecule has 0 spiro atoms. The van der Waals surface area contributed by atoms with Crippen LogP contribution >= 0.6 is 11.8 Å². The van der Waals surface area contributed by atoms with Crippen molar-refractivity contribution < 1.29 is 36.2 Å². The molecule has 0 aliphatic carbocycles. The Morgan fingerprint density at radius 1 is 1.19 bits per heavy atom. The van der Waals surface area contributed by atoms with Crippen LogP contribution in [0.4, 0.5) is 32.0 Å². The second-order valence-electron chi connectivity index (χ2n) is 5.29. The van der Waals surface area contributed by atoms with Crippen LogP contribution in [-0.4, -0.2) is 29.0 Å². The van der Waals surface area contributed by atoms with Crippen LogP contribution in [0.1, 0.15) is 0 Å². The third-order valence-corrected chi connectivity index (χ3v) is 4.91. The zero-order valence-electron chi connectivity index (χ0n) is 12.3. The van der Waals surface area contributed by atoms with E-state index in [1.807, 2.05) is 0 Å². The third-order valence-electron chi connectivity index (χ3n) is 3.75. The molecule has 1 N–H and O–H groups in total. The number of rotatable bonds is 1. The van der Waals surface area contributed by atoms with Gasteiger partial charge in [-0.3, -0.25) is 9.69 Å². The molecule has 1 unspecified atom stereocenters. The van der Waals surface area contributed by atoms with Gasteiger partial charge < -0.3 is 5.11 Å². The Balaban J connectivity index is 2.35. The Kier molecular flexibility index (Phi) is 3.90. The maximum absolute atomic E-state index is 13.7. The van der Waals surface area contributed by atoms with Crippen molar-refractivity contribution >= 4 is 23.2 Å². The predicted molar refractivity (Wildman–Crippen MR) is 77.6 cm³/mol. The highest BCUT2D eigenvalue weighted by molar-refractivity contribution is 8.03. The van der Waals surface area contributed by atoms with Crippen LogP contribution in [0.25, 0.3) is 0 Å². The topological polar surface area (TPSA) is 64.3 Å². The fraction of sp³-hybridized carbons (Fsp3) is 0.200. The van der Waals surface area contributed by atoms with E-state index in [-0.39, 0.29) is 21.6 Å². The summed E-state index contributed by atoms with van der Waals surface area (Å²) in [4.78, 5) is 12.0. The lowest BCUT2D eigenvalue weighted by Gasteiger charge is -2.43. The summed E-state index contributed by atoms with van der Waals surface area (Å²) in [6.07, 6.45) is -11.2. The largest absolute Gasteiger partial charge is 0.454 e. The summed E-state index contributed by atoms with van der Waals surface area (Å²) in [7, 11) is 0. The van der Waals surface area contributed by atoms with E-state index in [9.17, 15) is 36.2 Å². The van der Waals surface area contributed by atoms with E-state index in [0.29, 0.717) is 11.8 Å². The SMILES string of the molecule is N#CC1=C2Sc3ccccc3N2C(O)(C(F)(F)F)C(C(=O)C(F)(F)F)=C1. The minimum atomic E-state index is -5.67. The molecule has 4 nitrogen and oxygen atoms in total. The van der Waals surface area contributed by atoms with Gasteiger partial charge in [0.1, 0.15) is 11.1 Å². The maximum Gasteiger partial charge on any atom is 0.454 e. The molecular weight excluding hydrogens is 386 g/mol. The summed E-state index contributed by atoms with van der Waals surface area (Å²) in [5.74, 6) is -2.88. The Bertz CT molecular complexity index is 912. The molecule has 1 aromatic rings. The number of fused-ring (bicyclic) bond motifs is 3. The Hall–Kier alpha value is -2.45. The lowest BCUT2D eigenvalue weighted by Crippen LogP contribution is -2.62. The van der Waals surface area contributed by atoms with E-state index in [1.165, 1.54) is 24.3 Å². The third kappa shape index (κ3) is 2.40. The Morgan fingerprint density at radius 3 is 2.35 bits per heavy atom. The van der Waals surface area contributed by atoms with Gasteiger partial charge in [-0.15, -0.1) is 0 Å². The Labute approximate surface area is 146 Å². The number of hydrogen-bond acceptors (Lipinski definition) is 5. The van der Waals surface area contributed by atoms with Crippen molar-refractivity contribution in [3.63, 3.8) is 0 Å². The first kappa shape index (κ1) is 18.3. The summed E-state index contributed by atoms with van der Waals surface area (Å²) < 4.78 is 79.7. The van der Waals surface area contributed by atoms with Gasteiger partial charge in [-0.05, 0) is 18.2 Å². The first-order valence-corrected chi connectivity index (χ1v) is 7.59. The normalized spacial score (nSPS) is 22.5. The number of halogens is 6. The monoisotopic (exact) mass is 392 g/mol. The smallest absolute Gasteiger partial charge is 0.359 e. The molecule has 0 saturated heterocycles. The highest BCUT2D eigenvalue weighted by Crippen LogP contribution is 2.57. The molecular formula is C15H6F6N2O2S. The number of para-hydroxylation sites is 1. The van der Waals surface area contributed by atoms with Crippen molar-refractivity contribution in [1.82, 2.24) is 0 Å². The Morgan fingerprint density at radius 2 is 1.81 bits per heavy atom. The quantitative estimate of drug-likeness (QED) is 0.740. The number of Topliss-reactive ketones (excluding diaryl/α,β-unsaturated/α-hetero) is 1. The van der Waals surface area contributed by atoms with Gasteiger partial charge in [0.15, 0.2) is 0 Å². The average Bonchev–Trinajstić information content (AvgIpc) is 2.93. The molecule has 2 aliphatic heterocycles. The van der Waals surface area contributed by atoms with E-state index in [2.05, 4.69) is 0 Å². The van der Waals surface area contributed by atoms with Gasteiger partial charge in [0, 0.05) is 4.90 Å². The van der Waals surface area contributed by atoms with Gasteiger partial charge >= 0.3 is 12.4 Å². The van der Waals surface area contributed by atoms with Crippen molar-refractivity contribution in [1.29, 1.82) is 5.26 Å². The van der Waals surface area contributed by atoms with E-state index < -0.39 is 40.0 Å². The zero-order chi connectivity index (χ0) is 19.5. The number of carbonyl (C=O) groups is 1. The van der Waals surface area contributed by atoms with E-state index in [0.717, 1.165) is 6.07 Å². The highest BCUT2D eigenvalue weighted by Gasteiger charge is 2.68. The number of anilines is 1. The number of nitriles is 1. The molecule has 0 bridgehead atoms. The van der Waals surface area contributed by atoms with Crippen LogP contribution in [0.3, 0.4) is 0 Å². The fourth-order valence-corrected chi connectivity index (χ4v) is 3.80. The molecule has 26 heavy (non-hydrogen) atoms. The average molecular weight is 392 g/mol. The van der Waals surface area contributed by atoms with Gasteiger partial charge in [0.2, 0.25) is 0 Å². The second-order valence-corrected chi connectivity index (χ2v) is 6.32. The molecule has 0 saturated carbocycles. The molecule has 1 aromatic carbocycles. The van der Waals surface area contributed by atoms with Crippen molar-refractivity contribution in [2.24, 2.45) is 0 Å². The maximum atomic E-state index is 13.7. The van der Waals surface area contributed by atoms with Crippen LogP contribution in [0.2, 0.25) is 0 Å². The summed E-state index contributed by atoms with van der Waals surface area (Å²) >= 11 is 0.678. The lowest BCUT2D eigenvalue weighted by atomic mass is 9.90. The van der Waals surface area contributed by atoms with Crippen LogP contribution in [0, 0.1) is 11.3 Å². The van der Waals surface area contributed by atoms with Crippen LogP contribution < -0.4 is 4.90 Å². The molecule has 0 fully saturated rings. The van der Waals surface area contributed by atoms with Crippen LogP contribution in [-0.2, 0) is 4.79 Å². The molecule has 3 rings (SSSR count). The number of benzene rings is 1. The number of nitrogens with zero attached hydrogens (tertiary/aromatic N) is 2. The fourth-order valence-electron chi connectivity index (χ4n) is 2.65. The first-order valence-electron chi connectivity index (χ1n) is 6.77. The minimum Gasteiger partial charge on any atom is -0.359 e. The number of ketones is 1. The van der Waals surface area contributed by atoms with Gasteiger partial charge in [0.25, 0.3) is 11.5 Å². The number of thioether (sulfide) groups is 1. The molecule has 0 aromatic heterocycles. The first-order chi connectivity index (χ1) is 11.9. The highest BCUT2D eigenvalue weighted by atomic mass is 32.2. The van der Waals surface area contributed by atoms with Crippen LogP contribution in [0.15, 0.2) is 51.4 Å². The molecule has 0 radical (unpaired) electrons. The standard InChI is InChI=1S/C15H6F6N2O2S/c16-14(17,18)11(24)8-5-7(6-22)12-23(13(8,25)15(19,20)21)9-3-1-2-4-10(9)26-12/h1-5,25H. The lowest BCUT2D eigenvalue weighted by molar-refractivity contribution is -0.244. The van der Waals surface area contributed by atoms with Gasteiger partial charge in [-0.25, -0.2) is 0 Å². The molecule has 136 valence electrons. The minimum absolute atomic E-state index is 0.147. The number of hydrogen-bond donors (Lipinski definition) is 1. The summed E-state index contributed by atoms with van der Waals surface area (Å²) in [5, 5.41) is 19.1. The van der Waals surface area contributed by atoms with Crippen molar-refractivity contribution in [2.75, 3.05) is 4.90 Å². The van der Waals surface area contributed by atoms with E-state index in [4.69, 9.17) is 5.26 Å². The zero-order valence-corrected chi connectivity index (χ0v) is 13.1. The summed E-state index contributed by atoms with van der Waals surface area (Å²) in [6, 6.07) is 6.78. The molecule has 1 atom stereocenters. The van der Waals surface area contributed by atoms with Gasteiger partial charge in [-0.1, -0.05) is 23.9 Å². The number of alkyl halides is 6.